The molecule has 0 saturated carbocycles. The lowest BCUT2D eigenvalue weighted by Gasteiger charge is -2.24. The maximum Gasteiger partial charge on any atom is 0.227 e. The van der Waals surface area contributed by atoms with Gasteiger partial charge < -0.3 is 14.5 Å². The van der Waals surface area contributed by atoms with Gasteiger partial charge in [0.15, 0.2) is 0 Å². The maximum absolute atomic E-state index is 12.3. The van der Waals surface area contributed by atoms with Crippen molar-refractivity contribution in [2.24, 2.45) is 0 Å². The summed E-state index contributed by atoms with van der Waals surface area (Å²) >= 11 is 0. The predicted octanol–water partition coefficient (Wildman–Crippen LogP) is 1.21. The lowest BCUT2D eigenvalue weighted by atomic mass is 10.1. The van der Waals surface area contributed by atoms with Gasteiger partial charge in [0.05, 0.1) is 12.1 Å². The summed E-state index contributed by atoms with van der Waals surface area (Å²) in [7, 11) is 0. The van der Waals surface area contributed by atoms with E-state index in [0.717, 1.165) is 36.4 Å². The molecule has 1 unspecified atom stereocenters. The molecule has 0 radical (unpaired) electrons. The smallest absolute Gasteiger partial charge is 0.227 e. The molecule has 5 heteroatoms. The third-order valence-electron chi connectivity index (χ3n) is 3.67. The van der Waals surface area contributed by atoms with Gasteiger partial charge in [0, 0.05) is 24.8 Å². The highest BCUT2D eigenvalue weighted by atomic mass is 16.5. The fourth-order valence-corrected chi connectivity index (χ4v) is 2.62. The molecule has 2 rings (SSSR count). The first-order valence-electron chi connectivity index (χ1n) is 6.45. The Balaban J connectivity index is 2.03. The van der Waals surface area contributed by atoms with E-state index < -0.39 is 0 Å². The molecule has 1 fully saturated rings. The summed E-state index contributed by atoms with van der Waals surface area (Å²) in [6, 6.07) is 0.197. The Morgan fingerprint density at radius 1 is 1.56 bits per heavy atom. The summed E-state index contributed by atoms with van der Waals surface area (Å²) in [5.74, 6) is 0.833. The van der Waals surface area contributed by atoms with Crippen molar-refractivity contribution in [1.82, 2.24) is 10.1 Å². The highest BCUT2D eigenvalue weighted by Gasteiger charge is 2.29. The summed E-state index contributed by atoms with van der Waals surface area (Å²) in [4.78, 5) is 14.2. The number of hydrogen-bond donors (Lipinski definition) is 1. The van der Waals surface area contributed by atoms with E-state index in [1.54, 1.807) is 0 Å². The number of likely N-dealkylation sites (tertiary alicyclic amines) is 1. The van der Waals surface area contributed by atoms with Crippen LogP contribution in [0.3, 0.4) is 0 Å². The summed E-state index contributed by atoms with van der Waals surface area (Å²) in [5.41, 5.74) is 1.69. The van der Waals surface area contributed by atoms with Gasteiger partial charge in [-0.25, -0.2) is 0 Å². The molecule has 1 aromatic heterocycles. The molecule has 1 aliphatic heterocycles. The minimum Gasteiger partial charge on any atom is -0.396 e. The molecule has 1 N–H and O–H groups in total. The number of rotatable bonds is 4. The van der Waals surface area contributed by atoms with E-state index in [2.05, 4.69) is 5.16 Å². The maximum atomic E-state index is 12.3. The number of aromatic nitrogens is 1. The van der Waals surface area contributed by atoms with Crippen molar-refractivity contribution in [1.29, 1.82) is 0 Å². The van der Waals surface area contributed by atoms with Crippen molar-refractivity contribution >= 4 is 5.91 Å². The molecule has 5 nitrogen and oxygen atoms in total. The number of aliphatic hydroxyl groups is 1. The summed E-state index contributed by atoms with van der Waals surface area (Å²) in [5, 5.41) is 12.9. The number of amides is 1. The molecule has 100 valence electrons. The molecule has 18 heavy (non-hydrogen) atoms. The van der Waals surface area contributed by atoms with Crippen molar-refractivity contribution in [2.45, 2.75) is 45.6 Å². The van der Waals surface area contributed by atoms with Crippen LogP contribution < -0.4 is 0 Å². The molecule has 1 aromatic rings. The van der Waals surface area contributed by atoms with Gasteiger partial charge in [-0.3, -0.25) is 4.79 Å². The van der Waals surface area contributed by atoms with Gasteiger partial charge >= 0.3 is 0 Å². The zero-order valence-electron chi connectivity index (χ0n) is 11.0. The van der Waals surface area contributed by atoms with Gasteiger partial charge in [0.25, 0.3) is 0 Å². The van der Waals surface area contributed by atoms with Crippen LogP contribution in [0.5, 0.6) is 0 Å². The van der Waals surface area contributed by atoms with Crippen LogP contribution in [-0.4, -0.2) is 40.3 Å². The van der Waals surface area contributed by atoms with E-state index in [1.165, 1.54) is 0 Å². The Kier molecular flexibility index (Phi) is 4.01. The standard InChI is InChI=1S/C13H20N2O3/c1-9-12(10(2)18-14-9)8-13(17)15-6-3-4-11(15)5-7-16/h11,16H,3-8H2,1-2H3. The molecular formula is C13H20N2O3. The molecule has 0 spiro atoms. The van der Waals surface area contributed by atoms with Gasteiger partial charge in [-0.05, 0) is 33.1 Å². The molecule has 0 aromatic carbocycles. The van der Waals surface area contributed by atoms with Crippen molar-refractivity contribution in [3.63, 3.8) is 0 Å². The average Bonchev–Trinajstić information content (AvgIpc) is 2.91. The van der Waals surface area contributed by atoms with E-state index in [0.29, 0.717) is 12.8 Å². The molecule has 1 amide bonds. The molecule has 0 bridgehead atoms. The first kappa shape index (κ1) is 13.1. The monoisotopic (exact) mass is 252 g/mol. The van der Waals surface area contributed by atoms with Crippen LogP contribution in [0.2, 0.25) is 0 Å². The second-order valence-corrected chi connectivity index (χ2v) is 4.87. The summed E-state index contributed by atoms with van der Waals surface area (Å²) in [6.07, 6.45) is 3.04. The fraction of sp³-hybridized carbons (Fsp3) is 0.692. The third kappa shape index (κ3) is 2.56. The normalized spacial score (nSPS) is 19.5. The van der Waals surface area contributed by atoms with Crippen LogP contribution in [0, 0.1) is 13.8 Å². The Bertz CT molecular complexity index is 408. The molecule has 1 saturated heterocycles. The summed E-state index contributed by atoms with van der Waals surface area (Å²) in [6.45, 7) is 4.62. The number of aryl methyl sites for hydroxylation is 2. The number of hydrogen-bond acceptors (Lipinski definition) is 4. The van der Waals surface area contributed by atoms with Crippen LogP contribution in [0.25, 0.3) is 0 Å². The van der Waals surface area contributed by atoms with Gasteiger partial charge in [-0.15, -0.1) is 0 Å². The van der Waals surface area contributed by atoms with E-state index in [-0.39, 0.29) is 18.6 Å². The Morgan fingerprint density at radius 3 is 2.94 bits per heavy atom. The van der Waals surface area contributed by atoms with E-state index in [4.69, 9.17) is 9.63 Å². The topological polar surface area (TPSA) is 66.6 Å². The van der Waals surface area contributed by atoms with Crippen LogP contribution >= 0.6 is 0 Å². The lowest BCUT2D eigenvalue weighted by Crippen LogP contribution is -2.37. The van der Waals surface area contributed by atoms with Crippen LogP contribution in [0.4, 0.5) is 0 Å². The zero-order valence-corrected chi connectivity index (χ0v) is 11.0. The zero-order chi connectivity index (χ0) is 13.1. The first-order valence-corrected chi connectivity index (χ1v) is 6.45. The van der Waals surface area contributed by atoms with Gasteiger partial charge in [-0.1, -0.05) is 5.16 Å². The van der Waals surface area contributed by atoms with E-state index in [1.807, 2.05) is 18.7 Å². The SMILES string of the molecule is Cc1noc(C)c1CC(=O)N1CCCC1CCO. The Morgan fingerprint density at radius 2 is 2.33 bits per heavy atom. The number of nitrogens with zero attached hydrogens (tertiary/aromatic N) is 2. The average molecular weight is 252 g/mol. The second-order valence-electron chi connectivity index (χ2n) is 4.87. The van der Waals surface area contributed by atoms with Crippen molar-refractivity contribution < 1.29 is 14.4 Å². The molecule has 2 heterocycles. The van der Waals surface area contributed by atoms with Crippen molar-refractivity contribution in [3.05, 3.63) is 17.0 Å². The van der Waals surface area contributed by atoms with Crippen LogP contribution in [-0.2, 0) is 11.2 Å². The minimum absolute atomic E-state index is 0.111. The second kappa shape index (κ2) is 5.52. The highest BCUT2D eigenvalue weighted by Crippen LogP contribution is 2.22. The Hall–Kier alpha value is -1.36. The Labute approximate surface area is 107 Å². The highest BCUT2D eigenvalue weighted by molar-refractivity contribution is 5.79. The quantitative estimate of drug-likeness (QED) is 0.874. The fourth-order valence-electron chi connectivity index (χ4n) is 2.62. The summed E-state index contributed by atoms with van der Waals surface area (Å²) < 4.78 is 5.07. The van der Waals surface area contributed by atoms with Crippen LogP contribution in [0.15, 0.2) is 4.52 Å². The first-order chi connectivity index (χ1) is 8.63. The van der Waals surface area contributed by atoms with Crippen LogP contribution in [0.1, 0.15) is 36.3 Å². The van der Waals surface area contributed by atoms with E-state index >= 15 is 0 Å². The predicted molar refractivity (Wildman–Crippen MR) is 66.1 cm³/mol. The van der Waals surface area contributed by atoms with Gasteiger partial charge in [-0.2, -0.15) is 0 Å². The number of aliphatic hydroxyl groups excluding tert-OH is 1. The minimum atomic E-state index is 0.111. The molecule has 1 aliphatic rings. The molecule has 1 atom stereocenters. The van der Waals surface area contributed by atoms with E-state index in [9.17, 15) is 4.79 Å². The number of carbonyl (C=O) groups excluding carboxylic acids is 1. The lowest BCUT2D eigenvalue weighted by molar-refractivity contribution is -0.131. The number of carbonyl (C=O) groups is 1. The largest absolute Gasteiger partial charge is 0.396 e. The third-order valence-corrected chi connectivity index (χ3v) is 3.67. The van der Waals surface area contributed by atoms with Crippen molar-refractivity contribution in [2.75, 3.05) is 13.2 Å². The molecule has 0 aliphatic carbocycles. The van der Waals surface area contributed by atoms with Gasteiger partial charge in [0.2, 0.25) is 5.91 Å². The van der Waals surface area contributed by atoms with Crippen molar-refractivity contribution in [3.8, 4) is 0 Å². The molecular weight excluding hydrogens is 232 g/mol. The van der Waals surface area contributed by atoms with Gasteiger partial charge in [0.1, 0.15) is 5.76 Å².